The Kier molecular flexibility index (Phi) is 6.63. The molecule has 0 fully saturated rings. The van der Waals surface area contributed by atoms with Crippen LogP contribution in [0.2, 0.25) is 5.02 Å². The Morgan fingerprint density at radius 3 is 2.87 bits per heavy atom. The number of anilines is 1. The van der Waals surface area contributed by atoms with Crippen molar-refractivity contribution >= 4 is 29.4 Å². The van der Waals surface area contributed by atoms with Gasteiger partial charge in [0.05, 0.1) is 0 Å². The highest BCUT2D eigenvalue weighted by atomic mass is 35.5. The van der Waals surface area contributed by atoms with Gasteiger partial charge < -0.3 is 15.8 Å². The zero-order valence-electron chi connectivity index (χ0n) is 16.6. The lowest BCUT2D eigenvalue weighted by atomic mass is 10.1. The first-order chi connectivity index (χ1) is 14.4. The quantitative estimate of drug-likeness (QED) is 0.554. The largest absolute Gasteiger partial charge is 0.461 e. The van der Waals surface area contributed by atoms with Crippen LogP contribution in [0.4, 0.5) is 5.95 Å². The van der Waals surface area contributed by atoms with Crippen LogP contribution in [0.3, 0.4) is 0 Å². The first kappa shape index (κ1) is 21.3. The number of hydrogen-bond donors (Lipinski definition) is 2. The summed E-state index contributed by atoms with van der Waals surface area (Å²) in [6, 6.07) is 5.29. The molecule has 30 heavy (non-hydrogen) atoms. The van der Waals surface area contributed by atoms with Crippen LogP contribution in [-0.2, 0) is 22.7 Å². The first-order valence-corrected chi connectivity index (χ1v) is 9.60. The number of amides is 1. The van der Waals surface area contributed by atoms with E-state index in [0.717, 1.165) is 11.1 Å². The SMILES string of the molecule is CCC(=O)OCc1c(Cl)cccc1CNC(=O)c1cn(-c2nc(N)ncc2C)cn1. The van der Waals surface area contributed by atoms with Gasteiger partial charge in [-0.1, -0.05) is 30.7 Å². The molecule has 0 bridgehead atoms. The fourth-order valence-electron chi connectivity index (χ4n) is 2.71. The third kappa shape index (κ3) is 4.93. The van der Waals surface area contributed by atoms with Crippen molar-refractivity contribution in [3.05, 3.63) is 64.3 Å². The highest BCUT2D eigenvalue weighted by molar-refractivity contribution is 6.31. The molecule has 10 heteroatoms. The van der Waals surface area contributed by atoms with Crippen molar-refractivity contribution in [2.24, 2.45) is 0 Å². The number of ether oxygens (including phenoxy) is 1. The average molecular weight is 429 g/mol. The van der Waals surface area contributed by atoms with E-state index in [4.69, 9.17) is 22.1 Å². The number of aromatic nitrogens is 4. The number of rotatable bonds is 7. The van der Waals surface area contributed by atoms with Crippen molar-refractivity contribution in [3.63, 3.8) is 0 Å². The molecule has 2 aromatic heterocycles. The van der Waals surface area contributed by atoms with E-state index < -0.39 is 0 Å². The monoisotopic (exact) mass is 428 g/mol. The summed E-state index contributed by atoms with van der Waals surface area (Å²) in [5, 5.41) is 3.27. The van der Waals surface area contributed by atoms with E-state index in [0.29, 0.717) is 16.4 Å². The minimum atomic E-state index is -0.370. The van der Waals surface area contributed by atoms with Gasteiger partial charge in [0.2, 0.25) is 5.95 Å². The number of carbonyl (C=O) groups excluding carboxylic acids is 2. The van der Waals surface area contributed by atoms with Gasteiger partial charge in [-0.2, -0.15) is 4.98 Å². The van der Waals surface area contributed by atoms with Crippen LogP contribution in [0, 0.1) is 6.92 Å². The summed E-state index contributed by atoms with van der Waals surface area (Å²) in [5.41, 5.74) is 8.05. The maximum Gasteiger partial charge on any atom is 0.305 e. The second-order valence-electron chi connectivity index (χ2n) is 6.48. The fraction of sp³-hybridized carbons (Fsp3) is 0.250. The molecule has 3 rings (SSSR count). The lowest BCUT2D eigenvalue weighted by molar-refractivity contribution is -0.144. The molecule has 9 nitrogen and oxygen atoms in total. The summed E-state index contributed by atoms with van der Waals surface area (Å²) >= 11 is 6.25. The number of aryl methyl sites for hydroxylation is 1. The average Bonchev–Trinajstić information content (AvgIpc) is 3.23. The van der Waals surface area contributed by atoms with Gasteiger partial charge in [0.25, 0.3) is 5.91 Å². The molecule has 1 amide bonds. The van der Waals surface area contributed by atoms with Gasteiger partial charge in [0.1, 0.15) is 24.4 Å². The molecule has 0 aliphatic rings. The summed E-state index contributed by atoms with van der Waals surface area (Å²) < 4.78 is 6.80. The minimum Gasteiger partial charge on any atom is -0.461 e. The van der Waals surface area contributed by atoms with E-state index in [2.05, 4.69) is 20.3 Å². The van der Waals surface area contributed by atoms with Crippen molar-refractivity contribution in [3.8, 4) is 5.82 Å². The lowest BCUT2D eigenvalue weighted by Gasteiger charge is -2.12. The molecule has 156 valence electrons. The molecular formula is C20H21ClN6O3. The van der Waals surface area contributed by atoms with Crippen LogP contribution in [-0.4, -0.2) is 31.4 Å². The Balaban J connectivity index is 1.71. The van der Waals surface area contributed by atoms with Gasteiger partial charge in [-0.05, 0) is 18.6 Å². The molecular weight excluding hydrogens is 408 g/mol. The van der Waals surface area contributed by atoms with Gasteiger partial charge in [0.15, 0.2) is 0 Å². The molecule has 1 aromatic carbocycles. The van der Waals surface area contributed by atoms with Crippen LogP contribution >= 0.6 is 11.6 Å². The molecule has 0 unspecified atom stereocenters. The smallest absolute Gasteiger partial charge is 0.305 e. The van der Waals surface area contributed by atoms with E-state index in [1.807, 2.05) is 13.0 Å². The molecule has 0 spiro atoms. The molecule has 2 heterocycles. The Hall–Kier alpha value is -3.46. The number of nitrogen functional groups attached to an aromatic ring is 1. The predicted molar refractivity (Wildman–Crippen MR) is 111 cm³/mol. The standard InChI is InChI=1S/C20H21ClN6O3/c1-3-17(28)30-10-14-13(5-4-6-15(14)21)8-23-19(29)16-9-27(11-25-16)18-12(2)7-24-20(22)26-18/h4-7,9,11H,3,8,10H2,1-2H3,(H,23,29)(H2,22,24,26). The van der Waals surface area contributed by atoms with E-state index >= 15 is 0 Å². The van der Waals surface area contributed by atoms with Crippen molar-refractivity contribution < 1.29 is 14.3 Å². The molecule has 0 saturated carbocycles. The number of nitrogens with two attached hydrogens (primary N) is 1. The molecule has 3 aromatic rings. The Labute approximate surface area is 178 Å². The summed E-state index contributed by atoms with van der Waals surface area (Å²) in [7, 11) is 0. The zero-order chi connectivity index (χ0) is 21.7. The molecule has 0 atom stereocenters. The Morgan fingerprint density at radius 1 is 1.30 bits per heavy atom. The molecule has 0 radical (unpaired) electrons. The molecule has 0 aliphatic carbocycles. The van der Waals surface area contributed by atoms with Gasteiger partial charge in [-0.3, -0.25) is 14.2 Å². The summed E-state index contributed by atoms with van der Waals surface area (Å²) in [4.78, 5) is 36.3. The molecule has 0 saturated heterocycles. The van der Waals surface area contributed by atoms with Crippen molar-refractivity contribution in [2.75, 3.05) is 5.73 Å². The number of halogens is 1. The number of nitrogens with one attached hydrogen (secondary N) is 1. The third-order valence-electron chi connectivity index (χ3n) is 4.34. The van der Waals surface area contributed by atoms with Crippen molar-refractivity contribution in [1.82, 2.24) is 24.8 Å². The Bertz CT molecular complexity index is 1080. The normalized spacial score (nSPS) is 10.6. The van der Waals surface area contributed by atoms with Crippen molar-refractivity contribution in [1.29, 1.82) is 0 Å². The number of esters is 1. The highest BCUT2D eigenvalue weighted by Crippen LogP contribution is 2.21. The van der Waals surface area contributed by atoms with Gasteiger partial charge >= 0.3 is 5.97 Å². The van der Waals surface area contributed by atoms with E-state index in [-0.39, 0.29) is 43.1 Å². The highest BCUT2D eigenvalue weighted by Gasteiger charge is 2.14. The van der Waals surface area contributed by atoms with Gasteiger partial charge in [0, 0.05) is 41.5 Å². The number of carbonyl (C=O) groups is 2. The second-order valence-corrected chi connectivity index (χ2v) is 6.88. The summed E-state index contributed by atoms with van der Waals surface area (Å²) in [6.07, 6.45) is 4.92. The second kappa shape index (κ2) is 9.36. The van der Waals surface area contributed by atoms with E-state index in [1.165, 1.54) is 6.33 Å². The molecule has 3 N–H and O–H groups in total. The van der Waals surface area contributed by atoms with Crippen LogP contribution in [0.5, 0.6) is 0 Å². The first-order valence-electron chi connectivity index (χ1n) is 9.22. The maximum atomic E-state index is 12.6. The van der Waals surface area contributed by atoms with Crippen LogP contribution < -0.4 is 11.1 Å². The van der Waals surface area contributed by atoms with E-state index in [1.54, 1.807) is 36.0 Å². The fourth-order valence-corrected chi connectivity index (χ4v) is 2.96. The Morgan fingerprint density at radius 2 is 2.10 bits per heavy atom. The molecule has 0 aliphatic heterocycles. The minimum absolute atomic E-state index is 0.0423. The maximum absolute atomic E-state index is 12.6. The topological polar surface area (TPSA) is 125 Å². The van der Waals surface area contributed by atoms with Crippen LogP contribution in [0.1, 0.15) is 40.5 Å². The number of imidazole rings is 1. The summed E-state index contributed by atoms with van der Waals surface area (Å²) in [6.45, 7) is 3.79. The van der Waals surface area contributed by atoms with Crippen LogP contribution in [0.15, 0.2) is 36.9 Å². The number of nitrogens with zero attached hydrogens (tertiary/aromatic N) is 4. The van der Waals surface area contributed by atoms with Gasteiger partial charge in [-0.25, -0.2) is 9.97 Å². The summed E-state index contributed by atoms with van der Waals surface area (Å²) in [5.74, 6) is -0.0162. The zero-order valence-corrected chi connectivity index (χ0v) is 17.3. The van der Waals surface area contributed by atoms with Gasteiger partial charge in [-0.15, -0.1) is 0 Å². The van der Waals surface area contributed by atoms with Crippen LogP contribution in [0.25, 0.3) is 5.82 Å². The van der Waals surface area contributed by atoms with Crippen molar-refractivity contribution in [2.45, 2.75) is 33.4 Å². The number of hydrogen-bond acceptors (Lipinski definition) is 7. The number of benzene rings is 1. The van der Waals surface area contributed by atoms with E-state index in [9.17, 15) is 9.59 Å². The third-order valence-corrected chi connectivity index (χ3v) is 4.70. The lowest BCUT2D eigenvalue weighted by Crippen LogP contribution is -2.24. The predicted octanol–water partition coefficient (Wildman–Crippen LogP) is 2.59.